The van der Waals surface area contributed by atoms with Crippen molar-refractivity contribution < 1.29 is 22.3 Å². The third-order valence-electron chi connectivity index (χ3n) is 9.20. The number of anilines is 1. The van der Waals surface area contributed by atoms with Gasteiger partial charge in [-0.05, 0) is 62.6 Å². The number of ether oxygens (including phenoxy) is 1. The molecule has 11 heteroatoms. The fourth-order valence-corrected chi connectivity index (χ4v) is 8.27. The molecule has 3 heterocycles. The van der Waals surface area contributed by atoms with Crippen LogP contribution < -0.4 is 5.32 Å². The first kappa shape index (κ1) is 29.1. The maximum Gasteiger partial charge on any atom is 0.311 e. The maximum absolute atomic E-state index is 14.7. The van der Waals surface area contributed by atoms with E-state index < -0.39 is 15.8 Å². The molecule has 2 atom stereocenters. The van der Waals surface area contributed by atoms with Gasteiger partial charge in [-0.1, -0.05) is 48.0 Å². The number of aryl methyl sites for hydroxylation is 1. The Morgan fingerprint density at radius 2 is 1.69 bits per heavy atom. The van der Waals surface area contributed by atoms with E-state index in [9.17, 15) is 17.6 Å². The number of aromatic nitrogens is 4. The summed E-state index contributed by atoms with van der Waals surface area (Å²) in [6.45, 7) is 1.87. The maximum atomic E-state index is 14.7. The predicted octanol–water partition coefficient (Wildman–Crippen LogP) is 6.23. The van der Waals surface area contributed by atoms with Gasteiger partial charge < -0.3 is 10.1 Å². The lowest BCUT2D eigenvalue weighted by Gasteiger charge is -2.47. The van der Waals surface area contributed by atoms with Crippen molar-refractivity contribution in [1.82, 2.24) is 18.9 Å². The molecule has 3 aliphatic carbocycles. The molecule has 1 N–H and O–H groups in total. The molecule has 3 fully saturated rings. The van der Waals surface area contributed by atoms with Gasteiger partial charge in [-0.3, -0.25) is 4.79 Å². The number of nitrogens with zero attached hydrogens (tertiary/aromatic N) is 4. The van der Waals surface area contributed by atoms with Crippen molar-refractivity contribution in [2.75, 3.05) is 12.4 Å². The number of benzene rings is 2. The minimum Gasteiger partial charge on any atom is -0.469 e. The molecular weight excluding hydrogens is 593 g/mol. The lowest BCUT2D eigenvalue weighted by molar-refractivity contribution is -0.152. The van der Waals surface area contributed by atoms with Crippen molar-refractivity contribution in [2.24, 2.45) is 17.8 Å². The van der Waals surface area contributed by atoms with E-state index in [0.29, 0.717) is 17.1 Å². The highest BCUT2D eigenvalue weighted by Crippen LogP contribution is 2.47. The second-order valence-electron chi connectivity index (χ2n) is 11.9. The third kappa shape index (κ3) is 5.24. The molecule has 3 aliphatic rings. The highest BCUT2D eigenvalue weighted by Gasteiger charge is 2.48. The monoisotopic (exact) mass is 625 g/mol. The van der Waals surface area contributed by atoms with Crippen LogP contribution in [0, 0.1) is 30.5 Å². The molecule has 3 aromatic heterocycles. The number of fused-ring (bicyclic) bond motifs is 4. The normalized spacial score (nSPS) is 21.1. The summed E-state index contributed by atoms with van der Waals surface area (Å²) in [5.74, 6) is 0.0327. The number of esters is 1. The van der Waals surface area contributed by atoms with Crippen LogP contribution in [0.25, 0.3) is 33.7 Å². The standard InChI is InChI=1S/C34H32FN5O4S/c1-20-8-14-25(15-9-20)45(42,43)40-19-27(26-16-24(35)18-36-33(26)40)32-37-28(21-6-4-3-5-7-21)17-29(39-32)38-31-23-12-10-22(11-13-23)30(31)34(41)44-2/h3-9,14-19,22-23,30-31H,10-13H2,1-2H3,(H,37,38,39). The quantitative estimate of drug-likeness (QED) is 0.212. The van der Waals surface area contributed by atoms with Crippen molar-refractivity contribution in [2.45, 2.75) is 43.5 Å². The van der Waals surface area contributed by atoms with Crippen LogP contribution in [0.15, 0.2) is 84.0 Å². The van der Waals surface area contributed by atoms with Gasteiger partial charge in [-0.15, -0.1) is 0 Å². The summed E-state index contributed by atoms with van der Waals surface area (Å²) in [4.78, 5) is 26.9. The second-order valence-corrected chi connectivity index (χ2v) is 13.7. The molecule has 2 bridgehead atoms. The van der Waals surface area contributed by atoms with Gasteiger partial charge in [0.05, 0.1) is 29.8 Å². The number of carbonyl (C=O) groups excluding carboxylic acids is 1. The molecular formula is C34H32FN5O4S. The van der Waals surface area contributed by atoms with Crippen LogP contribution in [-0.4, -0.2) is 46.5 Å². The first-order valence-electron chi connectivity index (χ1n) is 15.0. The van der Waals surface area contributed by atoms with Crippen molar-refractivity contribution >= 4 is 32.8 Å². The van der Waals surface area contributed by atoms with Crippen LogP contribution in [0.2, 0.25) is 0 Å². The van der Waals surface area contributed by atoms with E-state index in [0.717, 1.165) is 47.0 Å². The molecule has 2 unspecified atom stereocenters. The van der Waals surface area contributed by atoms with Crippen LogP contribution in [0.3, 0.4) is 0 Å². The second kappa shape index (κ2) is 11.4. The Bertz CT molecular complexity index is 2010. The molecule has 3 saturated carbocycles. The summed E-state index contributed by atoms with van der Waals surface area (Å²) in [5.41, 5.74) is 2.69. The molecule has 0 amide bonds. The molecule has 0 aliphatic heterocycles. The predicted molar refractivity (Wildman–Crippen MR) is 168 cm³/mol. The van der Waals surface area contributed by atoms with Gasteiger partial charge in [0, 0.05) is 34.8 Å². The Labute approximate surface area is 260 Å². The molecule has 45 heavy (non-hydrogen) atoms. The SMILES string of the molecule is COC(=O)C1C2CCC(CC2)C1Nc1cc(-c2ccccc2)nc(-c2cn(S(=O)(=O)c3ccc(C)cc3)c3ncc(F)cc23)n1. The minimum absolute atomic E-state index is 0.0607. The molecule has 0 radical (unpaired) electrons. The minimum atomic E-state index is -4.09. The number of pyridine rings is 1. The van der Waals surface area contributed by atoms with Crippen molar-refractivity contribution in [3.8, 4) is 22.6 Å². The number of methoxy groups -OCH3 is 1. The highest BCUT2D eigenvalue weighted by atomic mass is 32.2. The summed E-state index contributed by atoms with van der Waals surface area (Å²) in [6, 6.07) is 18.9. The summed E-state index contributed by atoms with van der Waals surface area (Å²) < 4.78 is 48.6. The topological polar surface area (TPSA) is 116 Å². The first-order valence-corrected chi connectivity index (χ1v) is 16.4. The molecule has 2 aromatic carbocycles. The number of hydrogen-bond donors (Lipinski definition) is 1. The zero-order valence-electron chi connectivity index (χ0n) is 24.9. The van der Waals surface area contributed by atoms with Gasteiger partial charge in [0.15, 0.2) is 11.5 Å². The Kier molecular flexibility index (Phi) is 7.35. The molecule has 0 spiro atoms. The van der Waals surface area contributed by atoms with Crippen LogP contribution in [0.4, 0.5) is 10.2 Å². The summed E-state index contributed by atoms with van der Waals surface area (Å²) >= 11 is 0. The lowest BCUT2D eigenvalue weighted by Crippen LogP contribution is -2.51. The van der Waals surface area contributed by atoms with Crippen LogP contribution in [0.1, 0.15) is 31.2 Å². The van der Waals surface area contributed by atoms with E-state index in [1.165, 1.54) is 31.5 Å². The fourth-order valence-electron chi connectivity index (χ4n) is 6.94. The van der Waals surface area contributed by atoms with Crippen LogP contribution in [-0.2, 0) is 19.6 Å². The van der Waals surface area contributed by atoms with E-state index in [-0.39, 0.29) is 51.5 Å². The Morgan fingerprint density at radius 3 is 2.40 bits per heavy atom. The Morgan fingerprint density at radius 1 is 0.978 bits per heavy atom. The molecule has 8 rings (SSSR count). The van der Waals surface area contributed by atoms with Crippen molar-refractivity contribution in [3.05, 3.63) is 90.5 Å². The summed E-state index contributed by atoms with van der Waals surface area (Å²) in [7, 11) is -2.67. The largest absolute Gasteiger partial charge is 0.469 e. The lowest BCUT2D eigenvalue weighted by atomic mass is 9.61. The Hall–Kier alpha value is -4.64. The van der Waals surface area contributed by atoms with Gasteiger partial charge in [0.1, 0.15) is 11.6 Å². The first-order chi connectivity index (χ1) is 21.7. The van der Waals surface area contributed by atoms with E-state index in [4.69, 9.17) is 14.7 Å². The van der Waals surface area contributed by atoms with Gasteiger partial charge in [0.2, 0.25) is 0 Å². The van der Waals surface area contributed by atoms with Crippen LogP contribution >= 0.6 is 0 Å². The van der Waals surface area contributed by atoms with Crippen molar-refractivity contribution in [3.63, 3.8) is 0 Å². The molecule has 9 nitrogen and oxygen atoms in total. The van der Waals surface area contributed by atoms with Crippen molar-refractivity contribution in [1.29, 1.82) is 0 Å². The smallest absolute Gasteiger partial charge is 0.311 e. The average Bonchev–Trinajstić information content (AvgIpc) is 3.45. The zero-order chi connectivity index (χ0) is 31.3. The van der Waals surface area contributed by atoms with E-state index in [1.54, 1.807) is 12.1 Å². The van der Waals surface area contributed by atoms with Gasteiger partial charge in [-0.2, -0.15) is 0 Å². The summed E-state index contributed by atoms with van der Waals surface area (Å²) in [5, 5.41) is 3.81. The fraction of sp³-hybridized carbons (Fsp3) is 0.294. The molecule has 5 aromatic rings. The Balaban J connectivity index is 1.39. The molecule has 230 valence electrons. The van der Waals surface area contributed by atoms with Crippen LogP contribution in [0.5, 0.6) is 0 Å². The van der Waals surface area contributed by atoms with E-state index in [2.05, 4.69) is 10.3 Å². The van der Waals surface area contributed by atoms with Gasteiger partial charge >= 0.3 is 5.97 Å². The number of halogens is 1. The summed E-state index contributed by atoms with van der Waals surface area (Å²) in [6.07, 6.45) is 6.39. The molecule has 0 saturated heterocycles. The zero-order valence-corrected chi connectivity index (χ0v) is 25.7. The van der Waals surface area contributed by atoms with Gasteiger partial charge in [0.25, 0.3) is 10.0 Å². The number of carbonyl (C=O) groups is 1. The van der Waals surface area contributed by atoms with E-state index in [1.807, 2.05) is 43.3 Å². The van der Waals surface area contributed by atoms with E-state index >= 15 is 0 Å². The highest BCUT2D eigenvalue weighted by molar-refractivity contribution is 7.90. The average molecular weight is 626 g/mol. The van der Waals surface area contributed by atoms with Gasteiger partial charge in [-0.25, -0.2) is 31.7 Å². The number of nitrogens with one attached hydrogen (secondary N) is 1. The third-order valence-corrected chi connectivity index (χ3v) is 10.9. The number of rotatable bonds is 7. The number of hydrogen-bond acceptors (Lipinski definition) is 8.